The number of amides is 1. The lowest BCUT2D eigenvalue weighted by molar-refractivity contribution is 0.0981. The first kappa shape index (κ1) is 19.4. The average Bonchev–Trinajstić information content (AvgIpc) is 2.45. The minimum absolute atomic E-state index is 0.0744. The molecule has 0 saturated carbocycles. The number of carbonyl (C=O) groups excluding carboxylic acids is 1. The van der Waals surface area contributed by atoms with Gasteiger partial charge < -0.3 is 0 Å². The molecular formula is C18H19ClFNO3S. The number of carbonyl (C=O) groups is 1. The van der Waals surface area contributed by atoms with E-state index in [9.17, 15) is 17.6 Å². The van der Waals surface area contributed by atoms with Gasteiger partial charge in [0.15, 0.2) is 0 Å². The summed E-state index contributed by atoms with van der Waals surface area (Å²) in [5.74, 6) is -1.22. The Morgan fingerprint density at radius 2 is 1.76 bits per heavy atom. The lowest BCUT2D eigenvalue weighted by atomic mass is 9.84. The van der Waals surface area contributed by atoms with E-state index in [4.69, 9.17) is 11.6 Å². The Morgan fingerprint density at radius 1 is 1.12 bits per heavy atom. The quantitative estimate of drug-likeness (QED) is 0.866. The van der Waals surface area contributed by atoms with Crippen molar-refractivity contribution in [1.29, 1.82) is 0 Å². The molecule has 0 heterocycles. The number of sulfonamides is 1. The van der Waals surface area contributed by atoms with Crippen LogP contribution in [0.5, 0.6) is 0 Å². The highest BCUT2D eigenvalue weighted by atomic mass is 35.5. The highest BCUT2D eigenvalue weighted by molar-refractivity contribution is 7.89. The highest BCUT2D eigenvalue weighted by Crippen LogP contribution is 2.35. The second-order valence-corrected chi connectivity index (χ2v) is 8.97. The monoisotopic (exact) mass is 383 g/mol. The summed E-state index contributed by atoms with van der Waals surface area (Å²) in [6.45, 7) is 5.69. The number of hydrogen-bond donors (Lipinski definition) is 1. The Bertz CT molecular complexity index is 934. The van der Waals surface area contributed by atoms with Gasteiger partial charge in [-0.25, -0.2) is 17.5 Å². The lowest BCUT2D eigenvalue weighted by Gasteiger charge is -2.21. The fourth-order valence-electron chi connectivity index (χ4n) is 2.42. The number of halogens is 2. The van der Waals surface area contributed by atoms with E-state index in [1.165, 1.54) is 18.2 Å². The van der Waals surface area contributed by atoms with E-state index in [1.807, 2.05) is 25.5 Å². The predicted octanol–water partition coefficient (Wildman–Crippen LogP) is 4.13. The summed E-state index contributed by atoms with van der Waals surface area (Å²) in [4.78, 5) is 12.0. The van der Waals surface area contributed by atoms with Gasteiger partial charge in [-0.05, 0) is 29.2 Å². The van der Waals surface area contributed by atoms with Gasteiger partial charge in [0.25, 0.3) is 5.91 Å². The Hall–Kier alpha value is -1.92. The van der Waals surface area contributed by atoms with Crippen LogP contribution in [0.1, 0.15) is 36.7 Å². The van der Waals surface area contributed by atoms with Gasteiger partial charge in [0, 0.05) is 21.7 Å². The summed E-state index contributed by atoms with van der Waals surface area (Å²) in [5.41, 5.74) is 0.771. The molecule has 0 spiro atoms. The molecule has 2 rings (SSSR count). The van der Waals surface area contributed by atoms with Crippen LogP contribution in [-0.4, -0.2) is 20.6 Å². The standard InChI is InChI=1S/C18H19ClFNO3S/c1-18(2,3)14-7-5-6-12(16(14)20)13-10-11(8-9-15(13)19)17(22)21-25(4,23)24/h5-10H,1-4H3,(H,21,22). The maximum Gasteiger partial charge on any atom is 0.264 e. The van der Waals surface area contributed by atoms with Crippen LogP contribution in [0.2, 0.25) is 5.02 Å². The third kappa shape index (κ3) is 4.58. The molecular weight excluding hydrogens is 365 g/mol. The van der Waals surface area contributed by atoms with Crippen molar-refractivity contribution in [3.05, 3.63) is 58.4 Å². The van der Waals surface area contributed by atoms with Crippen LogP contribution in [-0.2, 0) is 15.4 Å². The molecule has 2 aromatic carbocycles. The molecule has 7 heteroatoms. The molecule has 0 saturated heterocycles. The Balaban J connectivity index is 2.58. The van der Waals surface area contributed by atoms with Gasteiger partial charge in [0.2, 0.25) is 10.0 Å². The molecule has 0 aliphatic carbocycles. The van der Waals surface area contributed by atoms with Gasteiger partial charge in [-0.3, -0.25) is 4.79 Å². The van der Waals surface area contributed by atoms with Crippen molar-refractivity contribution in [1.82, 2.24) is 4.72 Å². The summed E-state index contributed by atoms with van der Waals surface area (Å²) in [6.07, 6.45) is 0.883. The Morgan fingerprint density at radius 3 is 2.32 bits per heavy atom. The van der Waals surface area contributed by atoms with E-state index in [1.54, 1.807) is 18.2 Å². The van der Waals surface area contributed by atoms with Crippen molar-refractivity contribution in [3.8, 4) is 11.1 Å². The summed E-state index contributed by atoms with van der Waals surface area (Å²) < 4.78 is 39.3. The fraction of sp³-hybridized carbons (Fsp3) is 0.278. The van der Waals surface area contributed by atoms with Crippen LogP contribution < -0.4 is 4.72 Å². The highest BCUT2D eigenvalue weighted by Gasteiger charge is 2.22. The lowest BCUT2D eigenvalue weighted by Crippen LogP contribution is -2.29. The van der Waals surface area contributed by atoms with Crippen LogP contribution in [0.3, 0.4) is 0 Å². The molecule has 0 radical (unpaired) electrons. The van der Waals surface area contributed by atoms with Gasteiger partial charge in [0.1, 0.15) is 5.82 Å². The van der Waals surface area contributed by atoms with Crippen molar-refractivity contribution >= 4 is 27.5 Å². The molecule has 1 N–H and O–H groups in total. The van der Waals surface area contributed by atoms with Crippen LogP contribution in [0.4, 0.5) is 4.39 Å². The summed E-state index contributed by atoms with van der Waals surface area (Å²) >= 11 is 6.19. The van der Waals surface area contributed by atoms with Gasteiger partial charge in [0.05, 0.1) is 6.26 Å². The minimum Gasteiger partial charge on any atom is -0.268 e. The molecule has 0 fully saturated rings. The van der Waals surface area contributed by atoms with Gasteiger partial charge >= 0.3 is 0 Å². The fourth-order valence-corrected chi connectivity index (χ4v) is 3.09. The second-order valence-electron chi connectivity index (χ2n) is 6.82. The Kier molecular flexibility index (Phi) is 5.25. The third-order valence-electron chi connectivity index (χ3n) is 3.60. The first-order valence-corrected chi connectivity index (χ1v) is 9.78. The zero-order valence-corrected chi connectivity index (χ0v) is 15.9. The third-order valence-corrected chi connectivity index (χ3v) is 4.49. The zero-order chi connectivity index (χ0) is 19.0. The van der Waals surface area contributed by atoms with Crippen molar-refractivity contribution in [3.63, 3.8) is 0 Å². The van der Waals surface area contributed by atoms with E-state index >= 15 is 0 Å². The van der Waals surface area contributed by atoms with Gasteiger partial charge in [-0.1, -0.05) is 50.6 Å². The van der Waals surface area contributed by atoms with E-state index in [0.717, 1.165) is 6.26 Å². The second kappa shape index (κ2) is 6.77. The van der Waals surface area contributed by atoms with Crippen LogP contribution >= 0.6 is 11.6 Å². The van der Waals surface area contributed by atoms with Crippen molar-refractivity contribution < 1.29 is 17.6 Å². The molecule has 0 aliphatic heterocycles. The van der Waals surface area contributed by atoms with Crippen molar-refractivity contribution in [2.45, 2.75) is 26.2 Å². The number of benzene rings is 2. The van der Waals surface area contributed by atoms with E-state index in [0.29, 0.717) is 11.1 Å². The molecule has 4 nitrogen and oxygen atoms in total. The summed E-state index contributed by atoms with van der Waals surface area (Å²) in [6, 6.07) is 9.21. The maximum absolute atomic E-state index is 15.0. The maximum atomic E-state index is 15.0. The largest absolute Gasteiger partial charge is 0.268 e. The van der Waals surface area contributed by atoms with Crippen LogP contribution in [0.15, 0.2) is 36.4 Å². The first-order chi connectivity index (χ1) is 11.4. The van der Waals surface area contributed by atoms with Crippen LogP contribution in [0.25, 0.3) is 11.1 Å². The first-order valence-electron chi connectivity index (χ1n) is 7.51. The van der Waals surface area contributed by atoms with E-state index in [-0.39, 0.29) is 16.1 Å². The molecule has 0 atom stereocenters. The summed E-state index contributed by atoms with van der Waals surface area (Å²) in [7, 11) is -3.70. The Labute approximate surface area is 152 Å². The summed E-state index contributed by atoms with van der Waals surface area (Å²) in [5, 5.41) is 0.265. The predicted molar refractivity (Wildman–Crippen MR) is 97.9 cm³/mol. The molecule has 25 heavy (non-hydrogen) atoms. The number of rotatable bonds is 3. The van der Waals surface area contributed by atoms with E-state index in [2.05, 4.69) is 0 Å². The number of hydrogen-bond acceptors (Lipinski definition) is 3. The smallest absolute Gasteiger partial charge is 0.264 e. The average molecular weight is 384 g/mol. The molecule has 1 amide bonds. The normalized spacial score (nSPS) is 12.1. The van der Waals surface area contributed by atoms with Gasteiger partial charge in [-0.2, -0.15) is 0 Å². The SMILES string of the molecule is CC(C)(C)c1cccc(-c2cc(C(=O)NS(C)(=O)=O)ccc2Cl)c1F. The topological polar surface area (TPSA) is 63.2 Å². The molecule has 0 bridgehead atoms. The molecule has 0 unspecified atom stereocenters. The van der Waals surface area contributed by atoms with Crippen LogP contribution in [0, 0.1) is 5.82 Å². The molecule has 0 aromatic heterocycles. The zero-order valence-electron chi connectivity index (χ0n) is 14.4. The van der Waals surface area contributed by atoms with Crippen molar-refractivity contribution in [2.75, 3.05) is 6.26 Å². The number of nitrogens with one attached hydrogen (secondary N) is 1. The van der Waals surface area contributed by atoms with Crippen molar-refractivity contribution in [2.24, 2.45) is 0 Å². The molecule has 2 aromatic rings. The van der Waals surface area contributed by atoms with E-state index < -0.39 is 27.2 Å². The molecule has 134 valence electrons. The van der Waals surface area contributed by atoms with Gasteiger partial charge in [-0.15, -0.1) is 0 Å². The molecule has 0 aliphatic rings. The minimum atomic E-state index is -3.70.